The van der Waals surface area contributed by atoms with Crippen LogP contribution in [0.3, 0.4) is 0 Å². The van der Waals surface area contributed by atoms with E-state index in [1.54, 1.807) is 16.4 Å². The molecule has 1 aromatic rings. The number of β-amino-alcohol motifs (C(OH)–C–C–N with tert-alkyl or cyclic N) is 1. The van der Waals surface area contributed by atoms with Crippen LogP contribution in [0.25, 0.3) is 0 Å². The topological polar surface area (TPSA) is 72.9 Å². The van der Waals surface area contributed by atoms with Gasteiger partial charge in [-0.25, -0.2) is 8.42 Å². The fourth-order valence-corrected chi connectivity index (χ4v) is 5.08. The van der Waals surface area contributed by atoms with E-state index in [0.29, 0.717) is 43.5 Å². The number of rotatable bonds is 5. The number of sulfonamides is 1. The molecule has 1 unspecified atom stereocenters. The lowest BCUT2D eigenvalue weighted by molar-refractivity contribution is 0.0406. The number of aliphatic hydroxyl groups is 1. The summed E-state index contributed by atoms with van der Waals surface area (Å²) in [6, 6.07) is 7.02. The average Bonchev–Trinajstić information content (AvgIpc) is 2.63. The summed E-state index contributed by atoms with van der Waals surface area (Å²) in [5.41, 5.74) is 1.05. The van der Waals surface area contributed by atoms with Crippen molar-refractivity contribution in [1.82, 2.24) is 14.5 Å². The summed E-state index contributed by atoms with van der Waals surface area (Å²) in [5.74, 6) is 0.357. The smallest absolute Gasteiger partial charge is 0.243 e. The summed E-state index contributed by atoms with van der Waals surface area (Å²) in [4.78, 5) is 2.55. The Morgan fingerprint density at radius 1 is 1.12 bits per heavy atom. The minimum Gasteiger partial charge on any atom is -0.392 e. The van der Waals surface area contributed by atoms with Gasteiger partial charge in [0.25, 0.3) is 0 Å². The summed E-state index contributed by atoms with van der Waals surface area (Å²) in [5, 5.41) is 13.8. The predicted octanol–water partition coefficient (Wildman–Crippen LogP) is 0.662. The van der Waals surface area contributed by atoms with E-state index in [1.165, 1.54) is 0 Å². The maximum Gasteiger partial charge on any atom is 0.243 e. The highest BCUT2D eigenvalue weighted by atomic mass is 32.2. The number of aryl methyl sites for hydroxylation is 1. The van der Waals surface area contributed by atoms with Crippen LogP contribution in [0, 0.1) is 12.8 Å². The molecule has 6 nitrogen and oxygen atoms in total. The Morgan fingerprint density at radius 3 is 2.32 bits per heavy atom. The van der Waals surface area contributed by atoms with Crippen LogP contribution in [-0.4, -0.2) is 74.6 Å². The van der Waals surface area contributed by atoms with Crippen LogP contribution in [0.1, 0.15) is 18.4 Å². The third kappa shape index (κ3) is 4.60. The Morgan fingerprint density at radius 2 is 1.72 bits per heavy atom. The van der Waals surface area contributed by atoms with Crippen molar-refractivity contribution in [3.05, 3.63) is 29.8 Å². The molecule has 0 aromatic heterocycles. The van der Waals surface area contributed by atoms with Gasteiger partial charge in [0.15, 0.2) is 0 Å². The van der Waals surface area contributed by atoms with Crippen LogP contribution in [-0.2, 0) is 10.0 Å². The van der Waals surface area contributed by atoms with Crippen LogP contribution >= 0.6 is 0 Å². The van der Waals surface area contributed by atoms with E-state index in [9.17, 15) is 13.5 Å². The highest BCUT2D eigenvalue weighted by Crippen LogP contribution is 2.20. The second-order valence-electron chi connectivity index (χ2n) is 7.17. The first kappa shape index (κ1) is 18.8. The van der Waals surface area contributed by atoms with E-state index >= 15 is 0 Å². The van der Waals surface area contributed by atoms with Gasteiger partial charge in [0, 0.05) is 32.7 Å². The van der Waals surface area contributed by atoms with Gasteiger partial charge in [0.05, 0.1) is 11.0 Å². The van der Waals surface area contributed by atoms with Crippen molar-refractivity contribution in [3.8, 4) is 0 Å². The van der Waals surface area contributed by atoms with Crippen LogP contribution in [0.5, 0.6) is 0 Å². The molecule has 140 valence electrons. The largest absolute Gasteiger partial charge is 0.392 e. The minimum atomic E-state index is -3.42. The molecule has 2 saturated heterocycles. The second kappa shape index (κ2) is 8.14. The molecule has 7 heteroatoms. The third-order valence-corrected chi connectivity index (χ3v) is 7.28. The van der Waals surface area contributed by atoms with Gasteiger partial charge in [-0.3, -0.25) is 4.90 Å². The lowest BCUT2D eigenvalue weighted by Gasteiger charge is -2.37. The number of hydrogen-bond donors (Lipinski definition) is 2. The van der Waals surface area contributed by atoms with E-state index < -0.39 is 10.0 Å². The first-order chi connectivity index (χ1) is 12.0. The van der Waals surface area contributed by atoms with E-state index in [2.05, 4.69) is 10.2 Å². The highest BCUT2D eigenvalue weighted by molar-refractivity contribution is 7.89. The Kier molecular flexibility index (Phi) is 6.12. The monoisotopic (exact) mass is 367 g/mol. The molecule has 3 rings (SSSR count). The second-order valence-corrected chi connectivity index (χ2v) is 9.11. The fraction of sp³-hybridized carbons (Fsp3) is 0.667. The van der Waals surface area contributed by atoms with Gasteiger partial charge in [-0.15, -0.1) is 0 Å². The Hall–Kier alpha value is -0.990. The van der Waals surface area contributed by atoms with Gasteiger partial charge in [-0.1, -0.05) is 17.7 Å². The van der Waals surface area contributed by atoms with Gasteiger partial charge in [-0.2, -0.15) is 4.31 Å². The molecule has 0 bridgehead atoms. The van der Waals surface area contributed by atoms with Gasteiger partial charge < -0.3 is 10.4 Å². The lowest BCUT2D eigenvalue weighted by Crippen LogP contribution is -2.51. The maximum absolute atomic E-state index is 12.7. The molecule has 2 aliphatic rings. The van der Waals surface area contributed by atoms with Gasteiger partial charge in [-0.05, 0) is 50.9 Å². The van der Waals surface area contributed by atoms with Crippen molar-refractivity contribution in [2.75, 3.05) is 45.8 Å². The number of piperazine rings is 1. The van der Waals surface area contributed by atoms with Crippen molar-refractivity contribution in [2.45, 2.75) is 30.8 Å². The first-order valence-corrected chi connectivity index (χ1v) is 10.6. The first-order valence-electron chi connectivity index (χ1n) is 9.15. The molecule has 0 radical (unpaired) electrons. The van der Waals surface area contributed by atoms with Crippen LogP contribution in [0.2, 0.25) is 0 Å². The van der Waals surface area contributed by atoms with Gasteiger partial charge >= 0.3 is 0 Å². The van der Waals surface area contributed by atoms with Crippen molar-refractivity contribution in [1.29, 1.82) is 0 Å². The zero-order valence-electron chi connectivity index (χ0n) is 14.9. The molecular formula is C18H29N3O3S. The van der Waals surface area contributed by atoms with E-state index in [1.807, 2.05) is 19.1 Å². The molecule has 1 atom stereocenters. The minimum absolute atomic E-state index is 0.317. The van der Waals surface area contributed by atoms with Crippen molar-refractivity contribution in [2.24, 2.45) is 5.92 Å². The van der Waals surface area contributed by atoms with E-state index in [4.69, 9.17) is 0 Å². The fourth-order valence-electron chi connectivity index (χ4n) is 3.65. The molecule has 2 fully saturated rings. The number of nitrogens with one attached hydrogen (secondary N) is 1. The molecule has 1 aromatic carbocycles. The maximum atomic E-state index is 12.7. The summed E-state index contributed by atoms with van der Waals surface area (Å²) in [6.45, 7) is 6.85. The van der Waals surface area contributed by atoms with E-state index in [0.717, 1.165) is 31.5 Å². The summed E-state index contributed by atoms with van der Waals surface area (Å²) < 4.78 is 27.0. The third-order valence-electron chi connectivity index (χ3n) is 5.36. The molecule has 0 aliphatic carbocycles. The van der Waals surface area contributed by atoms with Crippen molar-refractivity contribution >= 4 is 10.0 Å². The van der Waals surface area contributed by atoms with Crippen molar-refractivity contribution < 1.29 is 13.5 Å². The zero-order chi connectivity index (χ0) is 17.9. The standard InChI is InChI=1S/C18H29N3O3S/c1-15-2-4-17(5-3-15)25(23,24)21-12-10-20(11-13-21)14-18(22)16-6-8-19-9-7-16/h2-5,16,18-19,22H,6-14H2,1H3. The zero-order valence-corrected chi connectivity index (χ0v) is 15.7. The highest BCUT2D eigenvalue weighted by Gasteiger charge is 2.30. The molecular weight excluding hydrogens is 338 g/mol. The molecule has 2 heterocycles. The molecule has 2 aliphatic heterocycles. The van der Waals surface area contributed by atoms with E-state index in [-0.39, 0.29) is 6.10 Å². The number of aliphatic hydroxyl groups excluding tert-OH is 1. The molecule has 0 amide bonds. The molecule has 25 heavy (non-hydrogen) atoms. The van der Waals surface area contributed by atoms with Gasteiger partial charge in [0.2, 0.25) is 10.0 Å². The summed E-state index contributed by atoms with van der Waals surface area (Å²) >= 11 is 0. The van der Waals surface area contributed by atoms with Crippen LogP contribution in [0.4, 0.5) is 0 Å². The SMILES string of the molecule is Cc1ccc(S(=O)(=O)N2CCN(CC(O)C3CCNCC3)CC2)cc1. The number of hydrogen-bond acceptors (Lipinski definition) is 5. The quantitative estimate of drug-likeness (QED) is 0.800. The Bertz CT molecular complexity index is 649. The summed E-state index contributed by atoms with van der Waals surface area (Å²) in [7, 11) is -3.42. The normalized spacial score (nSPS) is 22.8. The Labute approximate surface area is 150 Å². The number of piperidine rings is 1. The van der Waals surface area contributed by atoms with Crippen LogP contribution < -0.4 is 5.32 Å². The number of benzene rings is 1. The summed E-state index contributed by atoms with van der Waals surface area (Å²) in [6.07, 6.45) is 1.72. The number of nitrogens with zero attached hydrogens (tertiary/aromatic N) is 2. The predicted molar refractivity (Wildman–Crippen MR) is 98.0 cm³/mol. The Balaban J connectivity index is 1.53. The van der Waals surface area contributed by atoms with Crippen LogP contribution in [0.15, 0.2) is 29.2 Å². The molecule has 0 spiro atoms. The molecule has 2 N–H and O–H groups in total. The molecule has 0 saturated carbocycles. The average molecular weight is 368 g/mol. The van der Waals surface area contributed by atoms with Gasteiger partial charge in [0.1, 0.15) is 0 Å². The van der Waals surface area contributed by atoms with Crippen molar-refractivity contribution in [3.63, 3.8) is 0 Å². The lowest BCUT2D eigenvalue weighted by atomic mass is 9.92.